The fraction of sp³-hybridized carbons (Fsp3) is 0.300. The highest BCUT2D eigenvalue weighted by molar-refractivity contribution is 6.30. The standard InChI is InChI=1S/C10H11ClO3/c1-13-9-5-3-4-7(8(12)6-11)10(9)14-2/h3-5H,6H2,1-2H3. The molecule has 0 aliphatic carbocycles. The number of carbonyl (C=O) groups is 1. The monoisotopic (exact) mass is 214 g/mol. The average Bonchev–Trinajstić information content (AvgIpc) is 2.26. The molecule has 0 amide bonds. The zero-order valence-corrected chi connectivity index (χ0v) is 8.80. The lowest BCUT2D eigenvalue weighted by Crippen LogP contribution is -2.04. The van der Waals surface area contributed by atoms with Crippen LogP contribution in [0.3, 0.4) is 0 Å². The fourth-order valence-corrected chi connectivity index (χ4v) is 1.32. The lowest BCUT2D eigenvalue weighted by Gasteiger charge is -2.10. The summed E-state index contributed by atoms with van der Waals surface area (Å²) in [6.07, 6.45) is 0. The van der Waals surface area contributed by atoms with E-state index in [1.807, 2.05) is 0 Å². The molecule has 0 saturated carbocycles. The Balaban J connectivity index is 3.21. The van der Waals surface area contributed by atoms with E-state index in [0.717, 1.165) is 0 Å². The fourth-order valence-electron chi connectivity index (χ4n) is 1.18. The predicted octanol–water partition coefficient (Wildman–Crippen LogP) is 2.13. The van der Waals surface area contributed by atoms with Crippen molar-refractivity contribution in [1.29, 1.82) is 0 Å². The Morgan fingerprint density at radius 3 is 2.57 bits per heavy atom. The van der Waals surface area contributed by atoms with Gasteiger partial charge in [0.2, 0.25) is 0 Å². The van der Waals surface area contributed by atoms with Crippen LogP contribution in [0.25, 0.3) is 0 Å². The van der Waals surface area contributed by atoms with Crippen molar-refractivity contribution < 1.29 is 14.3 Å². The molecular formula is C10H11ClO3. The van der Waals surface area contributed by atoms with Crippen LogP contribution in [0.5, 0.6) is 11.5 Å². The summed E-state index contributed by atoms with van der Waals surface area (Å²) in [6, 6.07) is 5.11. The number of alkyl halides is 1. The summed E-state index contributed by atoms with van der Waals surface area (Å²) in [5.74, 6) is 0.718. The molecule has 1 rings (SSSR count). The Kier molecular flexibility index (Phi) is 3.77. The number of methoxy groups -OCH3 is 2. The third-order valence-electron chi connectivity index (χ3n) is 1.82. The molecule has 0 aromatic heterocycles. The SMILES string of the molecule is COc1cccc(C(=O)CCl)c1OC. The van der Waals surface area contributed by atoms with Gasteiger partial charge in [-0.2, -0.15) is 0 Å². The minimum atomic E-state index is -0.178. The maximum atomic E-state index is 11.4. The van der Waals surface area contributed by atoms with Gasteiger partial charge >= 0.3 is 0 Å². The summed E-state index contributed by atoms with van der Waals surface area (Å²) >= 11 is 5.47. The summed E-state index contributed by atoms with van der Waals surface area (Å²) in [4.78, 5) is 11.4. The second-order valence-electron chi connectivity index (χ2n) is 2.60. The van der Waals surface area contributed by atoms with Gasteiger partial charge in [-0.25, -0.2) is 0 Å². The molecule has 0 aliphatic rings. The topological polar surface area (TPSA) is 35.5 Å². The van der Waals surface area contributed by atoms with Crippen LogP contribution in [0.4, 0.5) is 0 Å². The molecule has 0 spiro atoms. The lowest BCUT2D eigenvalue weighted by atomic mass is 10.1. The molecule has 1 aromatic carbocycles. The first-order chi connectivity index (χ1) is 6.74. The van der Waals surface area contributed by atoms with Crippen LogP contribution in [0.15, 0.2) is 18.2 Å². The van der Waals surface area contributed by atoms with E-state index in [0.29, 0.717) is 17.1 Å². The second-order valence-corrected chi connectivity index (χ2v) is 2.87. The van der Waals surface area contributed by atoms with Crippen LogP contribution in [-0.4, -0.2) is 25.9 Å². The molecule has 0 saturated heterocycles. The maximum absolute atomic E-state index is 11.4. The van der Waals surface area contributed by atoms with Gasteiger partial charge in [-0.3, -0.25) is 4.79 Å². The summed E-state index contributed by atoms with van der Waals surface area (Å²) in [5, 5.41) is 0. The van der Waals surface area contributed by atoms with Gasteiger partial charge in [0.15, 0.2) is 17.3 Å². The van der Waals surface area contributed by atoms with Crippen LogP contribution >= 0.6 is 11.6 Å². The number of ketones is 1. The number of hydrogen-bond donors (Lipinski definition) is 0. The summed E-state index contributed by atoms with van der Waals surface area (Å²) in [5.41, 5.74) is 0.446. The van der Waals surface area contributed by atoms with Gasteiger partial charge in [-0.15, -0.1) is 11.6 Å². The molecule has 0 heterocycles. The number of Topliss-reactive ketones (excluding diaryl/α,β-unsaturated/α-hetero) is 1. The zero-order valence-electron chi connectivity index (χ0n) is 8.04. The lowest BCUT2D eigenvalue weighted by molar-refractivity contribution is 0.101. The number of hydrogen-bond acceptors (Lipinski definition) is 3. The Bertz CT molecular complexity index is 336. The van der Waals surface area contributed by atoms with E-state index in [4.69, 9.17) is 21.1 Å². The molecule has 0 unspecified atom stereocenters. The van der Waals surface area contributed by atoms with Crippen molar-refractivity contribution in [3.8, 4) is 11.5 Å². The van der Waals surface area contributed by atoms with Crippen molar-refractivity contribution in [2.75, 3.05) is 20.1 Å². The summed E-state index contributed by atoms with van der Waals surface area (Å²) in [7, 11) is 3.01. The number of rotatable bonds is 4. The molecule has 3 nitrogen and oxygen atoms in total. The summed E-state index contributed by atoms with van der Waals surface area (Å²) in [6.45, 7) is 0. The van der Waals surface area contributed by atoms with Crippen LogP contribution in [-0.2, 0) is 0 Å². The van der Waals surface area contributed by atoms with Gasteiger partial charge in [0.25, 0.3) is 0 Å². The van der Waals surface area contributed by atoms with Gasteiger partial charge in [0.1, 0.15) is 0 Å². The summed E-state index contributed by atoms with van der Waals surface area (Å²) < 4.78 is 10.1. The zero-order chi connectivity index (χ0) is 10.6. The van der Waals surface area contributed by atoms with Crippen molar-refractivity contribution in [2.24, 2.45) is 0 Å². The third-order valence-corrected chi connectivity index (χ3v) is 2.07. The van der Waals surface area contributed by atoms with E-state index in [9.17, 15) is 4.79 Å². The highest BCUT2D eigenvalue weighted by Crippen LogP contribution is 2.30. The number of halogens is 1. The highest BCUT2D eigenvalue weighted by Gasteiger charge is 2.14. The number of ether oxygens (including phenoxy) is 2. The van der Waals surface area contributed by atoms with Crippen molar-refractivity contribution >= 4 is 17.4 Å². The third kappa shape index (κ3) is 1.99. The Morgan fingerprint density at radius 1 is 1.36 bits per heavy atom. The van der Waals surface area contributed by atoms with Crippen LogP contribution in [0, 0.1) is 0 Å². The minimum Gasteiger partial charge on any atom is -0.493 e. The van der Waals surface area contributed by atoms with Gasteiger partial charge in [-0.05, 0) is 12.1 Å². The molecule has 0 aliphatic heterocycles. The molecule has 4 heteroatoms. The van der Waals surface area contributed by atoms with E-state index in [-0.39, 0.29) is 11.7 Å². The van der Waals surface area contributed by atoms with E-state index in [2.05, 4.69) is 0 Å². The molecule has 14 heavy (non-hydrogen) atoms. The Hall–Kier alpha value is -1.22. The molecule has 0 radical (unpaired) electrons. The molecule has 1 aromatic rings. The van der Waals surface area contributed by atoms with Crippen molar-refractivity contribution in [1.82, 2.24) is 0 Å². The highest BCUT2D eigenvalue weighted by atomic mass is 35.5. The van der Waals surface area contributed by atoms with Crippen LogP contribution in [0.1, 0.15) is 10.4 Å². The Morgan fingerprint density at radius 2 is 2.07 bits per heavy atom. The molecule has 0 N–H and O–H groups in total. The van der Waals surface area contributed by atoms with E-state index in [1.54, 1.807) is 18.2 Å². The van der Waals surface area contributed by atoms with E-state index in [1.165, 1.54) is 14.2 Å². The molecular weight excluding hydrogens is 204 g/mol. The maximum Gasteiger partial charge on any atom is 0.181 e. The number of benzene rings is 1. The second kappa shape index (κ2) is 4.86. The van der Waals surface area contributed by atoms with Crippen LogP contribution < -0.4 is 9.47 Å². The van der Waals surface area contributed by atoms with Crippen molar-refractivity contribution in [3.05, 3.63) is 23.8 Å². The molecule has 0 fully saturated rings. The molecule has 0 atom stereocenters. The first-order valence-electron chi connectivity index (χ1n) is 4.04. The van der Waals surface area contributed by atoms with Crippen molar-refractivity contribution in [3.63, 3.8) is 0 Å². The average molecular weight is 215 g/mol. The minimum absolute atomic E-state index is 0.0659. The predicted molar refractivity (Wildman–Crippen MR) is 54.6 cm³/mol. The number of carbonyl (C=O) groups excluding carboxylic acids is 1. The largest absolute Gasteiger partial charge is 0.493 e. The van der Waals surface area contributed by atoms with Crippen molar-refractivity contribution in [2.45, 2.75) is 0 Å². The van der Waals surface area contributed by atoms with E-state index >= 15 is 0 Å². The van der Waals surface area contributed by atoms with Gasteiger partial charge in [0.05, 0.1) is 25.7 Å². The first kappa shape index (κ1) is 10.9. The van der Waals surface area contributed by atoms with Gasteiger partial charge in [0, 0.05) is 0 Å². The Labute approximate surface area is 87.6 Å². The number of para-hydroxylation sites is 1. The first-order valence-corrected chi connectivity index (χ1v) is 4.58. The smallest absolute Gasteiger partial charge is 0.181 e. The van der Waals surface area contributed by atoms with Crippen LogP contribution in [0.2, 0.25) is 0 Å². The molecule has 0 bridgehead atoms. The molecule has 76 valence electrons. The van der Waals surface area contributed by atoms with Gasteiger partial charge < -0.3 is 9.47 Å². The van der Waals surface area contributed by atoms with Gasteiger partial charge in [-0.1, -0.05) is 6.07 Å². The van der Waals surface area contributed by atoms with E-state index < -0.39 is 0 Å². The quantitative estimate of drug-likeness (QED) is 0.569. The normalized spacial score (nSPS) is 9.64.